The summed E-state index contributed by atoms with van der Waals surface area (Å²) in [6.45, 7) is 2.59. The van der Waals surface area contributed by atoms with Gasteiger partial charge in [-0.15, -0.1) is 11.3 Å². The van der Waals surface area contributed by atoms with Crippen LogP contribution in [0, 0.1) is 0 Å². The summed E-state index contributed by atoms with van der Waals surface area (Å²) in [7, 11) is 2.02. The highest BCUT2D eigenvalue weighted by atomic mass is 35.5. The van der Waals surface area contributed by atoms with Gasteiger partial charge in [-0.3, -0.25) is 0 Å². The van der Waals surface area contributed by atoms with Gasteiger partial charge in [-0.1, -0.05) is 29.8 Å². The minimum atomic E-state index is 0.176. The Kier molecular flexibility index (Phi) is 4.22. The number of nitrogens with two attached hydrogens (primary N) is 1. The number of nitrogens with zero attached hydrogens (tertiary/aromatic N) is 2. The Morgan fingerprint density at radius 1 is 1.44 bits per heavy atom. The van der Waals surface area contributed by atoms with Crippen molar-refractivity contribution in [3.8, 4) is 0 Å². The molecule has 96 valence electrons. The molecule has 1 heterocycles. The van der Waals surface area contributed by atoms with E-state index in [4.69, 9.17) is 17.3 Å². The number of anilines is 1. The second-order valence-corrected chi connectivity index (χ2v) is 5.38. The zero-order valence-electron chi connectivity index (χ0n) is 10.4. The maximum Gasteiger partial charge on any atom is 0.185 e. The molecule has 2 aromatic rings. The molecule has 5 heteroatoms. The van der Waals surface area contributed by atoms with Crippen molar-refractivity contribution in [2.75, 3.05) is 11.9 Å². The fourth-order valence-electron chi connectivity index (χ4n) is 1.74. The van der Waals surface area contributed by atoms with Crippen molar-refractivity contribution in [2.45, 2.75) is 19.5 Å². The molecule has 2 rings (SSSR count). The average molecular weight is 282 g/mol. The molecule has 1 aromatic heterocycles. The largest absolute Gasteiger partial charge is 0.344 e. The minimum absolute atomic E-state index is 0.176. The summed E-state index contributed by atoms with van der Waals surface area (Å²) in [6, 6.07) is 8.07. The Balaban J connectivity index is 2.23. The first kappa shape index (κ1) is 13.3. The van der Waals surface area contributed by atoms with Gasteiger partial charge in [-0.05, 0) is 18.6 Å². The summed E-state index contributed by atoms with van der Waals surface area (Å²) in [5.74, 6) is 0. The zero-order valence-corrected chi connectivity index (χ0v) is 12.0. The minimum Gasteiger partial charge on any atom is -0.344 e. The summed E-state index contributed by atoms with van der Waals surface area (Å²) < 4.78 is 0. The number of hydrogen-bond donors (Lipinski definition) is 1. The highest BCUT2D eigenvalue weighted by molar-refractivity contribution is 7.13. The van der Waals surface area contributed by atoms with Gasteiger partial charge >= 0.3 is 0 Å². The molecule has 3 nitrogen and oxygen atoms in total. The lowest BCUT2D eigenvalue weighted by molar-refractivity contribution is 0.735. The van der Waals surface area contributed by atoms with Crippen molar-refractivity contribution in [3.05, 3.63) is 45.9 Å². The van der Waals surface area contributed by atoms with Crippen molar-refractivity contribution in [3.63, 3.8) is 0 Å². The lowest BCUT2D eigenvalue weighted by atomic mass is 10.1. The van der Waals surface area contributed by atoms with Crippen LogP contribution >= 0.6 is 22.9 Å². The van der Waals surface area contributed by atoms with Crippen LogP contribution in [0.3, 0.4) is 0 Å². The van der Waals surface area contributed by atoms with Crippen LogP contribution in [0.4, 0.5) is 5.13 Å². The molecule has 0 aliphatic rings. The van der Waals surface area contributed by atoms with Crippen LogP contribution in [0.1, 0.15) is 24.2 Å². The first-order valence-corrected chi connectivity index (χ1v) is 7.01. The molecular weight excluding hydrogens is 266 g/mol. The van der Waals surface area contributed by atoms with Gasteiger partial charge in [0, 0.05) is 24.0 Å². The molecule has 0 radical (unpaired) electrons. The molecule has 0 bridgehead atoms. The lowest BCUT2D eigenvalue weighted by Crippen LogP contribution is -2.21. The second kappa shape index (κ2) is 5.69. The third-order valence-corrected chi connectivity index (χ3v) is 4.31. The van der Waals surface area contributed by atoms with Crippen LogP contribution in [0.2, 0.25) is 5.02 Å². The SMILES string of the molecule is CC(c1ccccc1Cl)N(C)c1nc(CN)cs1. The summed E-state index contributed by atoms with van der Waals surface area (Å²) in [4.78, 5) is 6.60. The highest BCUT2D eigenvalue weighted by Crippen LogP contribution is 2.31. The predicted octanol–water partition coefficient (Wildman–Crippen LogP) is 3.45. The van der Waals surface area contributed by atoms with E-state index < -0.39 is 0 Å². The molecule has 0 saturated carbocycles. The number of aromatic nitrogens is 1. The second-order valence-electron chi connectivity index (χ2n) is 4.13. The van der Waals surface area contributed by atoms with E-state index in [9.17, 15) is 0 Å². The highest BCUT2D eigenvalue weighted by Gasteiger charge is 2.17. The van der Waals surface area contributed by atoms with Crippen LogP contribution < -0.4 is 10.6 Å². The molecule has 0 aliphatic carbocycles. The Labute approximate surface area is 116 Å². The molecule has 0 amide bonds. The first-order chi connectivity index (χ1) is 8.63. The number of rotatable bonds is 4. The molecule has 2 N–H and O–H groups in total. The Morgan fingerprint density at radius 2 is 2.17 bits per heavy atom. The molecule has 0 spiro atoms. The molecule has 0 fully saturated rings. The van der Waals surface area contributed by atoms with Crippen LogP contribution in [-0.4, -0.2) is 12.0 Å². The maximum absolute atomic E-state index is 6.22. The van der Waals surface area contributed by atoms with E-state index in [-0.39, 0.29) is 6.04 Å². The third-order valence-electron chi connectivity index (χ3n) is 2.99. The average Bonchev–Trinajstić information content (AvgIpc) is 2.86. The lowest BCUT2D eigenvalue weighted by Gasteiger charge is -2.25. The van der Waals surface area contributed by atoms with Crippen molar-refractivity contribution < 1.29 is 0 Å². The van der Waals surface area contributed by atoms with E-state index >= 15 is 0 Å². The van der Waals surface area contributed by atoms with Crippen molar-refractivity contribution in [1.82, 2.24) is 4.98 Å². The van der Waals surface area contributed by atoms with Gasteiger partial charge in [0.05, 0.1) is 11.7 Å². The van der Waals surface area contributed by atoms with Crippen molar-refractivity contribution in [1.29, 1.82) is 0 Å². The van der Waals surface area contributed by atoms with Gasteiger partial charge in [0.15, 0.2) is 5.13 Å². The molecular formula is C13H16ClN3S. The first-order valence-electron chi connectivity index (χ1n) is 5.75. The van der Waals surface area contributed by atoms with Crippen LogP contribution in [0.25, 0.3) is 0 Å². The number of halogens is 1. The summed E-state index contributed by atoms with van der Waals surface area (Å²) in [6.07, 6.45) is 0. The third kappa shape index (κ3) is 2.66. The van der Waals surface area contributed by atoms with Gasteiger partial charge in [0.25, 0.3) is 0 Å². The monoisotopic (exact) mass is 281 g/mol. The summed E-state index contributed by atoms with van der Waals surface area (Å²) in [5.41, 5.74) is 7.61. The maximum atomic E-state index is 6.22. The Bertz CT molecular complexity index is 526. The van der Waals surface area contributed by atoms with Crippen molar-refractivity contribution >= 4 is 28.1 Å². The number of benzene rings is 1. The van der Waals surface area contributed by atoms with E-state index in [0.29, 0.717) is 6.54 Å². The van der Waals surface area contributed by atoms with E-state index in [1.54, 1.807) is 11.3 Å². The topological polar surface area (TPSA) is 42.2 Å². The van der Waals surface area contributed by atoms with Gasteiger partial charge in [0.1, 0.15) is 0 Å². The number of hydrogen-bond acceptors (Lipinski definition) is 4. The van der Waals surface area contributed by atoms with E-state index in [1.165, 1.54) is 0 Å². The van der Waals surface area contributed by atoms with Crippen LogP contribution in [-0.2, 0) is 6.54 Å². The molecule has 1 unspecified atom stereocenters. The normalized spacial score (nSPS) is 12.4. The standard InChI is InChI=1S/C13H16ClN3S/c1-9(11-5-3-4-6-12(11)14)17(2)13-16-10(7-15)8-18-13/h3-6,8-9H,7,15H2,1-2H3. The quantitative estimate of drug-likeness (QED) is 0.933. The fraction of sp³-hybridized carbons (Fsp3) is 0.308. The van der Waals surface area contributed by atoms with E-state index in [0.717, 1.165) is 21.4 Å². The summed E-state index contributed by atoms with van der Waals surface area (Å²) in [5, 5.41) is 3.74. The van der Waals surface area contributed by atoms with Crippen molar-refractivity contribution in [2.24, 2.45) is 5.73 Å². The molecule has 0 aliphatic heterocycles. The van der Waals surface area contributed by atoms with Crippen LogP contribution in [0.15, 0.2) is 29.6 Å². The Hall–Kier alpha value is -1.10. The predicted molar refractivity (Wildman–Crippen MR) is 78.3 cm³/mol. The van der Waals surface area contributed by atoms with Gasteiger partial charge in [-0.25, -0.2) is 4.98 Å². The Morgan fingerprint density at radius 3 is 2.78 bits per heavy atom. The molecule has 0 saturated heterocycles. The van der Waals surface area contributed by atoms with Gasteiger partial charge < -0.3 is 10.6 Å². The zero-order chi connectivity index (χ0) is 13.1. The van der Waals surface area contributed by atoms with E-state index in [2.05, 4.69) is 16.8 Å². The summed E-state index contributed by atoms with van der Waals surface area (Å²) >= 11 is 7.82. The van der Waals surface area contributed by atoms with Gasteiger partial charge in [0.2, 0.25) is 0 Å². The number of thiazole rings is 1. The fourth-order valence-corrected chi connectivity index (χ4v) is 2.92. The van der Waals surface area contributed by atoms with Crippen LogP contribution in [0.5, 0.6) is 0 Å². The smallest absolute Gasteiger partial charge is 0.185 e. The van der Waals surface area contributed by atoms with Gasteiger partial charge in [-0.2, -0.15) is 0 Å². The molecule has 1 aromatic carbocycles. The molecule has 18 heavy (non-hydrogen) atoms. The molecule has 1 atom stereocenters. The van der Waals surface area contributed by atoms with E-state index in [1.807, 2.05) is 36.7 Å².